The van der Waals surface area contributed by atoms with Gasteiger partial charge in [0.1, 0.15) is 6.07 Å². The van der Waals surface area contributed by atoms with Crippen LogP contribution in [0.5, 0.6) is 0 Å². The first kappa shape index (κ1) is 14.5. The van der Waals surface area contributed by atoms with Crippen LogP contribution in [-0.2, 0) is 0 Å². The molecule has 1 fully saturated rings. The number of likely N-dealkylation sites (tertiary alicyclic amines) is 1. The van der Waals surface area contributed by atoms with E-state index in [4.69, 9.17) is 5.26 Å². The highest BCUT2D eigenvalue weighted by Crippen LogP contribution is 2.28. The molecular formula is C20H17N3O. The Balaban J connectivity index is 1.55. The number of nitriles is 1. The Hall–Kier alpha value is -3.06. The van der Waals surface area contributed by atoms with Crippen LogP contribution < -0.4 is 0 Å². The van der Waals surface area contributed by atoms with Gasteiger partial charge in [-0.3, -0.25) is 4.79 Å². The van der Waals surface area contributed by atoms with Gasteiger partial charge in [0.05, 0.1) is 5.56 Å². The zero-order chi connectivity index (χ0) is 16.5. The van der Waals surface area contributed by atoms with Gasteiger partial charge in [0.2, 0.25) is 0 Å². The molecule has 0 aliphatic carbocycles. The SMILES string of the molecule is N#Cc1c[nH]c2cc(C(=O)N3CCC(c4ccccc4)C3)ccc12. The topological polar surface area (TPSA) is 59.9 Å². The van der Waals surface area contributed by atoms with Crippen LogP contribution in [-0.4, -0.2) is 28.9 Å². The van der Waals surface area contributed by atoms with E-state index in [9.17, 15) is 4.79 Å². The summed E-state index contributed by atoms with van der Waals surface area (Å²) in [6.45, 7) is 1.54. The molecule has 0 radical (unpaired) electrons. The second kappa shape index (κ2) is 5.86. The lowest BCUT2D eigenvalue weighted by atomic mass is 9.99. The third kappa shape index (κ3) is 2.44. The number of nitrogens with zero attached hydrogens (tertiary/aromatic N) is 2. The number of hydrogen-bond donors (Lipinski definition) is 1. The van der Waals surface area contributed by atoms with Gasteiger partial charge in [0, 0.05) is 41.7 Å². The second-order valence-corrected chi connectivity index (χ2v) is 6.22. The maximum Gasteiger partial charge on any atom is 0.253 e. The number of H-pyrrole nitrogens is 1. The van der Waals surface area contributed by atoms with Crippen molar-refractivity contribution in [2.24, 2.45) is 0 Å². The molecule has 4 rings (SSSR count). The number of aromatic amines is 1. The highest BCUT2D eigenvalue weighted by molar-refractivity contribution is 5.99. The van der Waals surface area contributed by atoms with Gasteiger partial charge in [-0.25, -0.2) is 0 Å². The first-order valence-electron chi connectivity index (χ1n) is 8.12. The van der Waals surface area contributed by atoms with Crippen LogP contribution >= 0.6 is 0 Å². The molecule has 3 aromatic rings. The molecule has 1 amide bonds. The minimum Gasteiger partial charge on any atom is -0.360 e. The zero-order valence-electron chi connectivity index (χ0n) is 13.2. The maximum absolute atomic E-state index is 12.8. The van der Waals surface area contributed by atoms with Gasteiger partial charge in [-0.15, -0.1) is 0 Å². The van der Waals surface area contributed by atoms with E-state index in [1.165, 1.54) is 5.56 Å². The Morgan fingerprint density at radius 3 is 2.83 bits per heavy atom. The van der Waals surface area contributed by atoms with E-state index in [0.717, 1.165) is 30.4 Å². The highest BCUT2D eigenvalue weighted by atomic mass is 16.2. The Kier molecular flexibility index (Phi) is 3.55. The maximum atomic E-state index is 12.8. The van der Waals surface area contributed by atoms with Crippen molar-refractivity contribution in [1.82, 2.24) is 9.88 Å². The van der Waals surface area contributed by atoms with Gasteiger partial charge in [0.15, 0.2) is 0 Å². The predicted molar refractivity (Wildman–Crippen MR) is 92.7 cm³/mol. The lowest BCUT2D eigenvalue weighted by Gasteiger charge is -2.17. The van der Waals surface area contributed by atoms with Gasteiger partial charge in [-0.2, -0.15) is 5.26 Å². The monoisotopic (exact) mass is 315 g/mol. The summed E-state index contributed by atoms with van der Waals surface area (Å²) in [6.07, 6.45) is 2.68. The molecule has 118 valence electrons. The van der Waals surface area contributed by atoms with Crippen molar-refractivity contribution in [1.29, 1.82) is 5.26 Å². The minimum atomic E-state index is 0.0587. The first-order chi connectivity index (χ1) is 11.8. The number of carbonyl (C=O) groups is 1. The Morgan fingerprint density at radius 2 is 2.04 bits per heavy atom. The van der Waals surface area contributed by atoms with Crippen LogP contribution in [0.4, 0.5) is 0 Å². The summed E-state index contributed by atoms with van der Waals surface area (Å²) in [5.74, 6) is 0.470. The second-order valence-electron chi connectivity index (χ2n) is 6.22. The molecule has 4 nitrogen and oxygen atoms in total. The van der Waals surface area contributed by atoms with E-state index >= 15 is 0 Å². The number of rotatable bonds is 2. The standard InChI is InChI=1S/C20H17N3O/c21-11-17-12-22-19-10-15(6-7-18(17)19)20(24)23-9-8-16(13-23)14-4-2-1-3-5-14/h1-7,10,12,16,22H,8-9,13H2. The zero-order valence-corrected chi connectivity index (χ0v) is 13.2. The number of amides is 1. The van der Waals surface area contributed by atoms with Crippen LogP contribution in [0, 0.1) is 11.3 Å². The summed E-state index contributed by atoms with van der Waals surface area (Å²) in [5.41, 5.74) is 3.40. The number of nitrogens with one attached hydrogen (secondary N) is 1. The van der Waals surface area contributed by atoms with E-state index in [0.29, 0.717) is 17.0 Å². The summed E-state index contributed by atoms with van der Waals surface area (Å²) >= 11 is 0. The lowest BCUT2D eigenvalue weighted by Crippen LogP contribution is -2.28. The summed E-state index contributed by atoms with van der Waals surface area (Å²) in [4.78, 5) is 17.8. The Bertz CT molecular complexity index is 936. The summed E-state index contributed by atoms with van der Waals surface area (Å²) in [7, 11) is 0. The van der Waals surface area contributed by atoms with Crippen molar-refractivity contribution in [2.45, 2.75) is 12.3 Å². The third-order valence-electron chi connectivity index (χ3n) is 4.80. The predicted octanol–water partition coefficient (Wildman–Crippen LogP) is 3.67. The number of fused-ring (bicyclic) bond motifs is 1. The lowest BCUT2D eigenvalue weighted by molar-refractivity contribution is 0.0791. The molecule has 0 saturated carbocycles. The fourth-order valence-corrected chi connectivity index (χ4v) is 3.48. The molecule has 2 aromatic carbocycles. The average molecular weight is 315 g/mol. The summed E-state index contributed by atoms with van der Waals surface area (Å²) in [6, 6.07) is 18.0. The first-order valence-corrected chi connectivity index (χ1v) is 8.12. The van der Waals surface area contributed by atoms with Crippen LogP contribution in [0.15, 0.2) is 54.7 Å². The van der Waals surface area contributed by atoms with E-state index in [2.05, 4.69) is 23.2 Å². The normalized spacial score (nSPS) is 17.1. The van der Waals surface area contributed by atoms with Crippen molar-refractivity contribution in [3.63, 3.8) is 0 Å². The van der Waals surface area contributed by atoms with E-state index < -0.39 is 0 Å². The molecule has 0 spiro atoms. The van der Waals surface area contributed by atoms with Crippen LogP contribution in [0.1, 0.15) is 33.8 Å². The molecule has 1 aliphatic rings. The van der Waals surface area contributed by atoms with Gasteiger partial charge in [-0.05, 0) is 24.1 Å². The molecule has 2 heterocycles. The van der Waals surface area contributed by atoms with Crippen LogP contribution in [0.2, 0.25) is 0 Å². The van der Waals surface area contributed by atoms with Crippen LogP contribution in [0.3, 0.4) is 0 Å². The molecular weight excluding hydrogens is 298 g/mol. The van der Waals surface area contributed by atoms with Crippen molar-refractivity contribution in [3.8, 4) is 6.07 Å². The Morgan fingerprint density at radius 1 is 1.21 bits per heavy atom. The Labute approximate surface area is 140 Å². The number of aromatic nitrogens is 1. The van der Waals surface area contributed by atoms with E-state index in [-0.39, 0.29) is 5.91 Å². The van der Waals surface area contributed by atoms with E-state index in [1.807, 2.05) is 41.3 Å². The molecule has 0 bridgehead atoms. The smallest absolute Gasteiger partial charge is 0.253 e. The molecule has 1 unspecified atom stereocenters. The highest BCUT2D eigenvalue weighted by Gasteiger charge is 2.28. The van der Waals surface area contributed by atoms with Crippen LogP contribution in [0.25, 0.3) is 10.9 Å². The number of benzene rings is 2. The van der Waals surface area contributed by atoms with Gasteiger partial charge in [0.25, 0.3) is 5.91 Å². The average Bonchev–Trinajstić information content (AvgIpc) is 3.28. The summed E-state index contributed by atoms with van der Waals surface area (Å²) < 4.78 is 0. The molecule has 4 heteroatoms. The number of carbonyl (C=O) groups excluding carboxylic acids is 1. The van der Waals surface area contributed by atoms with Crippen molar-refractivity contribution in [3.05, 3.63) is 71.4 Å². The minimum absolute atomic E-state index is 0.0587. The quantitative estimate of drug-likeness (QED) is 0.784. The molecule has 1 N–H and O–H groups in total. The van der Waals surface area contributed by atoms with E-state index in [1.54, 1.807) is 6.20 Å². The fourth-order valence-electron chi connectivity index (χ4n) is 3.48. The molecule has 1 aliphatic heterocycles. The number of hydrogen-bond acceptors (Lipinski definition) is 2. The van der Waals surface area contributed by atoms with Gasteiger partial charge in [-0.1, -0.05) is 36.4 Å². The fraction of sp³-hybridized carbons (Fsp3) is 0.200. The summed E-state index contributed by atoms with van der Waals surface area (Å²) in [5, 5.41) is 9.93. The van der Waals surface area contributed by atoms with Crippen molar-refractivity contribution < 1.29 is 4.79 Å². The molecule has 1 aromatic heterocycles. The van der Waals surface area contributed by atoms with Crippen molar-refractivity contribution in [2.75, 3.05) is 13.1 Å². The molecule has 1 atom stereocenters. The molecule has 1 saturated heterocycles. The van der Waals surface area contributed by atoms with Gasteiger partial charge < -0.3 is 9.88 Å². The van der Waals surface area contributed by atoms with Crippen molar-refractivity contribution >= 4 is 16.8 Å². The van der Waals surface area contributed by atoms with Gasteiger partial charge >= 0.3 is 0 Å². The largest absolute Gasteiger partial charge is 0.360 e. The third-order valence-corrected chi connectivity index (χ3v) is 4.80. The molecule has 24 heavy (non-hydrogen) atoms.